The molecule has 6 nitrogen and oxygen atoms in total. The quantitative estimate of drug-likeness (QED) is 0.713. The fourth-order valence-electron chi connectivity index (χ4n) is 2.91. The van der Waals surface area contributed by atoms with E-state index in [1.54, 1.807) is 17.9 Å². The van der Waals surface area contributed by atoms with Crippen molar-refractivity contribution in [3.8, 4) is 0 Å². The average Bonchev–Trinajstić information content (AvgIpc) is 3.23. The molecule has 1 aliphatic heterocycles. The van der Waals surface area contributed by atoms with E-state index in [4.69, 9.17) is 9.26 Å². The lowest BCUT2D eigenvalue weighted by Crippen LogP contribution is -2.42. The van der Waals surface area contributed by atoms with Gasteiger partial charge < -0.3 is 14.2 Å². The van der Waals surface area contributed by atoms with Gasteiger partial charge in [0.1, 0.15) is 11.9 Å². The number of carbonyl (C=O) groups excluding carboxylic acids is 1. The lowest BCUT2D eigenvalue weighted by atomic mass is 10.1. The smallest absolute Gasteiger partial charge is 0.264 e. The van der Waals surface area contributed by atoms with Crippen LogP contribution in [0, 0.1) is 12.7 Å². The molecule has 1 aliphatic rings. The second-order valence-electron chi connectivity index (χ2n) is 5.57. The Bertz CT molecular complexity index is 893. The number of amides is 1. The Morgan fingerprint density at radius 1 is 1.46 bits per heavy atom. The maximum atomic E-state index is 14.0. The molecule has 1 amide bonds. The topological polar surface area (TPSA) is 68.5 Å². The zero-order valence-corrected chi connectivity index (χ0v) is 13.7. The molecular weight excluding hydrogens is 333 g/mol. The highest BCUT2D eigenvalue weighted by Gasteiger charge is 2.30. The number of halogens is 1. The van der Waals surface area contributed by atoms with Gasteiger partial charge in [0.25, 0.3) is 5.91 Å². The Kier molecular flexibility index (Phi) is 3.78. The molecule has 3 heterocycles. The molecule has 3 aromatic rings. The number of fused-ring (bicyclic) bond motifs is 1. The lowest BCUT2D eigenvalue weighted by Gasteiger charge is -2.31. The highest BCUT2D eigenvalue weighted by Crippen LogP contribution is 2.34. The van der Waals surface area contributed by atoms with Crippen molar-refractivity contribution in [2.45, 2.75) is 13.0 Å². The van der Waals surface area contributed by atoms with E-state index in [0.717, 1.165) is 4.70 Å². The van der Waals surface area contributed by atoms with Crippen molar-refractivity contribution in [3.05, 3.63) is 46.7 Å². The summed E-state index contributed by atoms with van der Waals surface area (Å²) >= 11 is 1.32. The van der Waals surface area contributed by atoms with Crippen LogP contribution >= 0.6 is 11.3 Å². The second-order valence-corrected chi connectivity index (χ2v) is 6.62. The molecule has 0 bridgehead atoms. The number of aryl methyl sites for hydroxylation is 1. The van der Waals surface area contributed by atoms with E-state index in [1.165, 1.54) is 23.8 Å². The van der Waals surface area contributed by atoms with Crippen molar-refractivity contribution < 1.29 is 18.4 Å². The minimum Gasteiger partial charge on any atom is -0.366 e. The van der Waals surface area contributed by atoms with Gasteiger partial charge in [0.2, 0.25) is 12.2 Å². The first-order valence-corrected chi connectivity index (χ1v) is 8.31. The standard InChI is InChI=1S/C16H14FN3O3S/c1-9-13-10(17)3-2-4-12(13)24-14(9)16(21)20-5-6-22-11(7-20)15-18-8-23-19-15/h2-4,8,11H,5-7H2,1H3. The maximum Gasteiger partial charge on any atom is 0.264 e. The number of hydrogen-bond donors (Lipinski definition) is 0. The van der Waals surface area contributed by atoms with Crippen molar-refractivity contribution in [2.75, 3.05) is 19.7 Å². The van der Waals surface area contributed by atoms with Gasteiger partial charge in [0.15, 0.2) is 0 Å². The first-order chi connectivity index (χ1) is 11.6. The van der Waals surface area contributed by atoms with Gasteiger partial charge >= 0.3 is 0 Å². The predicted octanol–water partition coefficient (Wildman–Crippen LogP) is 2.95. The summed E-state index contributed by atoms with van der Waals surface area (Å²) in [4.78, 5) is 19.1. The maximum absolute atomic E-state index is 14.0. The minimum atomic E-state index is -0.409. The summed E-state index contributed by atoms with van der Waals surface area (Å²) in [5, 5.41) is 4.30. The third-order valence-corrected chi connectivity index (χ3v) is 5.36. The molecular formula is C16H14FN3O3S. The van der Waals surface area contributed by atoms with Gasteiger partial charge in [0.05, 0.1) is 18.0 Å². The molecule has 124 valence electrons. The van der Waals surface area contributed by atoms with Crippen LogP contribution < -0.4 is 0 Å². The summed E-state index contributed by atoms with van der Waals surface area (Å²) in [5.41, 5.74) is 0.681. The zero-order valence-electron chi connectivity index (χ0n) is 12.9. The van der Waals surface area contributed by atoms with Crippen LogP contribution in [0.25, 0.3) is 10.1 Å². The molecule has 0 spiro atoms. The summed E-state index contributed by atoms with van der Waals surface area (Å²) < 4.78 is 25.2. The zero-order chi connectivity index (χ0) is 16.7. The fraction of sp³-hybridized carbons (Fsp3) is 0.312. The van der Waals surface area contributed by atoms with E-state index < -0.39 is 6.10 Å². The fourth-order valence-corrected chi connectivity index (χ4v) is 4.10. The van der Waals surface area contributed by atoms with Gasteiger partial charge in [0, 0.05) is 16.6 Å². The molecule has 0 aliphatic carbocycles. The Morgan fingerprint density at radius 3 is 3.08 bits per heavy atom. The van der Waals surface area contributed by atoms with E-state index in [-0.39, 0.29) is 11.7 Å². The monoisotopic (exact) mass is 347 g/mol. The second kappa shape index (κ2) is 5.95. The van der Waals surface area contributed by atoms with Crippen LogP contribution in [-0.4, -0.2) is 40.6 Å². The number of thiophene rings is 1. The van der Waals surface area contributed by atoms with Crippen molar-refractivity contribution in [2.24, 2.45) is 0 Å². The highest BCUT2D eigenvalue weighted by atomic mass is 32.1. The Hall–Kier alpha value is -2.32. The van der Waals surface area contributed by atoms with Gasteiger partial charge in [-0.15, -0.1) is 11.3 Å². The molecule has 1 fully saturated rings. The largest absolute Gasteiger partial charge is 0.366 e. The lowest BCUT2D eigenvalue weighted by molar-refractivity contribution is -0.0275. The number of aromatic nitrogens is 2. The molecule has 1 unspecified atom stereocenters. The Labute approximate surface area is 140 Å². The highest BCUT2D eigenvalue weighted by molar-refractivity contribution is 7.21. The van der Waals surface area contributed by atoms with Crippen LogP contribution in [0.5, 0.6) is 0 Å². The number of benzene rings is 1. The van der Waals surface area contributed by atoms with E-state index >= 15 is 0 Å². The molecule has 1 aromatic carbocycles. The van der Waals surface area contributed by atoms with Gasteiger partial charge in [-0.3, -0.25) is 4.79 Å². The van der Waals surface area contributed by atoms with Crippen LogP contribution in [0.2, 0.25) is 0 Å². The molecule has 0 saturated carbocycles. The Balaban J connectivity index is 1.64. The van der Waals surface area contributed by atoms with Crippen molar-refractivity contribution in [1.29, 1.82) is 0 Å². The minimum absolute atomic E-state index is 0.120. The van der Waals surface area contributed by atoms with Crippen LogP contribution in [-0.2, 0) is 4.74 Å². The molecule has 0 radical (unpaired) electrons. The van der Waals surface area contributed by atoms with Crippen LogP contribution in [0.1, 0.15) is 27.2 Å². The number of nitrogens with zero attached hydrogens (tertiary/aromatic N) is 3. The van der Waals surface area contributed by atoms with Crippen LogP contribution in [0.3, 0.4) is 0 Å². The third kappa shape index (κ3) is 2.47. The van der Waals surface area contributed by atoms with Crippen molar-refractivity contribution in [3.63, 3.8) is 0 Å². The number of carbonyl (C=O) groups is 1. The SMILES string of the molecule is Cc1c(C(=O)N2CCOC(c3ncon3)C2)sc2cccc(F)c12. The van der Waals surface area contributed by atoms with Gasteiger partial charge in [-0.25, -0.2) is 4.39 Å². The summed E-state index contributed by atoms with van der Waals surface area (Å²) in [6.45, 7) is 2.99. The number of ether oxygens (including phenoxy) is 1. The predicted molar refractivity (Wildman–Crippen MR) is 85.4 cm³/mol. The molecule has 2 aromatic heterocycles. The first kappa shape index (κ1) is 15.2. The van der Waals surface area contributed by atoms with Gasteiger partial charge in [-0.2, -0.15) is 4.98 Å². The number of rotatable bonds is 2. The summed E-state index contributed by atoms with van der Waals surface area (Å²) in [5.74, 6) is 0.00320. The molecule has 24 heavy (non-hydrogen) atoms. The van der Waals surface area contributed by atoms with Gasteiger partial charge in [-0.1, -0.05) is 11.2 Å². The average molecular weight is 347 g/mol. The van der Waals surface area contributed by atoms with Crippen LogP contribution in [0.15, 0.2) is 29.1 Å². The van der Waals surface area contributed by atoms with Crippen molar-refractivity contribution in [1.82, 2.24) is 15.0 Å². The van der Waals surface area contributed by atoms with E-state index in [9.17, 15) is 9.18 Å². The van der Waals surface area contributed by atoms with Crippen LogP contribution in [0.4, 0.5) is 4.39 Å². The normalized spacial score (nSPS) is 18.2. The third-order valence-electron chi connectivity index (χ3n) is 4.12. The molecule has 4 rings (SSSR count). The van der Waals surface area contributed by atoms with E-state index in [0.29, 0.717) is 41.3 Å². The van der Waals surface area contributed by atoms with E-state index in [1.807, 2.05) is 6.07 Å². The molecule has 8 heteroatoms. The summed E-state index contributed by atoms with van der Waals surface area (Å²) in [6, 6.07) is 4.90. The van der Waals surface area contributed by atoms with Crippen molar-refractivity contribution >= 4 is 27.3 Å². The summed E-state index contributed by atoms with van der Waals surface area (Å²) in [6.07, 6.45) is 0.825. The molecule has 1 saturated heterocycles. The van der Waals surface area contributed by atoms with Gasteiger partial charge in [-0.05, 0) is 24.6 Å². The molecule has 0 N–H and O–H groups in total. The molecule has 1 atom stereocenters. The number of morpholine rings is 1. The number of hydrogen-bond acceptors (Lipinski definition) is 6. The van der Waals surface area contributed by atoms with E-state index in [2.05, 4.69) is 10.1 Å². The Morgan fingerprint density at radius 2 is 2.33 bits per heavy atom. The first-order valence-electron chi connectivity index (χ1n) is 7.50. The summed E-state index contributed by atoms with van der Waals surface area (Å²) in [7, 11) is 0.